The molecule has 242 valence electrons. The Morgan fingerprint density at radius 3 is 2.36 bits per heavy atom. The second-order valence-corrected chi connectivity index (χ2v) is 11.2. The van der Waals surface area contributed by atoms with Crippen LogP contribution in [0.4, 0.5) is 20.4 Å². The number of carbonyl (C=O) groups is 1. The van der Waals surface area contributed by atoms with Gasteiger partial charge in [0.1, 0.15) is 5.65 Å². The van der Waals surface area contributed by atoms with Crippen molar-refractivity contribution in [2.75, 3.05) is 40.2 Å². The van der Waals surface area contributed by atoms with Crippen molar-refractivity contribution in [1.29, 1.82) is 0 Å². The lowest BCUT2D eigenvalue weighted by Crippen LogP contribution is -2.27. The highest BCUT2D eigenvalue weighted by Gasteiger charge is 2.27. The fraction of sp³-hybridized carbons (Fsp3) is 0.222. The molecule has 0 radical (unpaired) electrons. The number of carbonyl (C=O) groups excluding carboxylic acids is 1. The number of halogens is 2. The first-order chi connectivity index (χ1) is 22.6. The number of anilines is 2. The third kappa shape index (κ3) is 7.20. The minimum atomic E-state index is -1.05. The lowest BCUT2D eigenvalue weighted by molar-refractivity contribution is -0.114. The van der Waals surface area contributed by atoms with Crippen LogP contribution in [0.5, 0.6) is 11.5 Å². The minimum absolute atomic E-state index is 0.0661. The molecule has 1 N–H and O–H groups in total. The van der Waals surface area contributed by atoms with E-state index in [1.54, 1.807) is 25.1 Å². The largest absolute Gasteiger partial charge is 0.494 e. The molecule has 0 aliphatic rings. The zero-order valence-electron chi connectivity index (χ0n) is 26.8. The van der Waals surface area contributed by atoms with Crippen molar-refractivity contribution in [2.45, 2.75) is 19.4 Å². The molecule has 11 heteroatoms. The summed E-state index contributed by atoms with van der Waals surface area (Å²) in [5.74, 6) is -2.51. The molecule has 0 fully saturated rings. The van der Waals surface area contributed by atoms with E-state index >= 15 is 8.78 Å². The van der Waals surface area contributed by atoms with Crippen molar-refractivity contribution in [3.05, 3.63) is 118 Å². The Bertz CT molecular complexity index is 1980. The first-order valence-corrected chi connectivity index (χ1v) is 14.9. The van der Waals surface area contributed by atoms with E-state index in [9.17, 15) is 9.59 Å². The van der Waals surface area contributed by atoms with E-state index < -0.39 is 28.8 Å². The first kappa shape index (κ1) is 33.0. The third-order valence-corrected chi connectivity index (χ3v) is 7.62. The van der Waals surface area contributed by atoms with Gasteiger partial charge in [0.2, 0.25) is 5.95 Å². The molecule has 2 aromatic heterocycles. The number of rotatable bonds is 12. The third-order valence-electron chi connectivity index (χ3n) is 7.62. The van der Waals surface area contributed by atoms with Gasteiger partial charge in [-0.25, -0.2) is 13.8 Å². The molecule has 3 aromatic carbocycles. The highest BCUT2D eigenvalue weighted by molar-refractivity contribution is 5.91. The predicted octanol–water partition coefficient (Wildman–Crippen LogP) is 6.34. The number of pyridine rings is 1. The molecule has 2 heterocycles. The van der Waals surface area contributed by atoms with Gasteiger partial charge in [0.15, 0.2) is 28.9 Å². The SMILES string of the molecule is COc1cc(OC)c(F)c(-c2cc3cnc(Nc4ccccc4)nc3n(C(C)c3cccc(CC(=O)/C=C/CN(C)C)c3)c2=O)c1F. The van der Waals surface area contributed by atoms with Crippen LogP contribution in [0.2, 0.25) is 0 Å². The number of hydrogen-bond donors (Lipinski definition) is 1. The Morgan fingerprint density at radius 1 is 1.00 bits per heavy atom. The topological polar surface area (TPSA) is 98.6 Å². The molecule has 9 nitrogen and oxygen atoms in total. The van der Waals surface area contributed by atoms with Crippen molar-refractivity contribution < 1.29 is 23.0 Å². The van der Waals surface area contributed by atoms with Crippen LogP contribution >= 0.6 is 0 Å². The van der Waals surface area contributed by atoms with E-state index in [2.05, 4.69) is 15.3 Å². The van der Waals surface area contributed by atoms with Crippen LogP contribution < -0.4 is 20.3 Å². The predicted molar refractivity (Wildman–Crippen MR) is 179 cm³/mol. The fourth-order valence-electron chi connectivity index (χ4n) is 5.26. The standard InChI is InChI=1S/C36H35F2N5O4/c1-22(24-12-9-11-23(17-24)18-27(44)15-10-16-42(2)3)43-34-25(21-39-36(41-34)40-26-13-7-6-8-14-26)19-28(35(43)45)31-32(37)29(46-4)20-30(47-5)33(31)38/h6-15,17,19-22H,16,18H2,1-5H3,(H,39,40,41)/b15-10+. The number of para-hydroxylation sites is 1. The van der Waals surface area contributed by atoms with E-state index in [0.717, 1.165) is 17.3 Å². The van der Waals surface area contributed by atoms with Gasteiger partial charge >= 0.3 is 0 Å². The molecule has 0 saturated carbocycles. The normalized spacial score (nSPS) is 12.1. The lowest BCUT2D eigenvalue weighted by Gasteiger charge is -2.21. The summed E-state index contributed by atoms with van der Waals surface area (Å²) < 4.78 is 43.1. The quantitative estimate of drug-likeness (QED) is 0.158. The Hall–Kier alpha value is -5.42. The second-order valence-electron chi connectivity index (χ2n) is 11.2. The number of nitrogens with zero attached hydrogens (tertiary/aromatic N) is 4. The zero-order valence-corrected chi connectivity index (χ0v) is 26.8. The van der Waals surface area contributed by atoms with E-state index in [0.29, 0.717) is 17.5 Å². The van der Waals surface area contributed by atoms with Gasteiger partial charge in [-0.2, -0.15) is 4.98 Å². The summed E-state index contributed by atoms with van der Waals surface area (Å²) in [7, 11) is 6.31. The summed E-state index contributed by atoms with van der Waals surface area (Å²) in [5.41, 5.74) is 0.853. The number of allylic oxidation sites excluding steroid dienone is 1. The van der Waals surface area contributed by atoms with Crippen LogP contribution in [-0.4, -0.2) is 60.1 Å². The van der Waals surface area contributed by atoms with Crippen molar-refractivity contribution in [3.63, 3.8) is 0 Å². The molecule has 47 heavy (non-hydrogen) atoms. The van der Waals surface area contributed by atoms with Crippen LogP contribution in [-0.2, 0) is 11.2 Å². The Morgan fingerprint density at radius 2 is 1.70 bits per heavy atom. The maximum absolute atomic E-state index is 15.7. The van der Waals surface area contributed by atoms with Gasteiger partial charge in [-0.05, 0) is 56.4 Å². The summed E-state index contributed by atoms with van der Waals surface area (Å²) in [6.07, 6.45) is 5.01. The van der Waals surface area contributed by atoms with Gasteiger partial charge in [0.25, 0.3) is 5.56 Å². The van der Waals surface area contributed by atoms with Crippen molar-refractivity contribution in [1.82, 2.24) is 19.4 Å². The summed E-state index contributed by atoms with van der Waals surface area (Å²) >= 11 is 0. The van der Waals surface area contributed by atoms with Gasteiger partial charge < -0.3 is 19.7 Å². The van der Waals surface area contributed by atoms with Gasteiger partial charge in [0, 0.05) is 36.3 Å². The molecule has 0 aliphatic heterocycles. The summed E-state index contributed by atoms with van der Waals surface area (Å²) in [4.78, 5) is 38.1. The number of methoxy groups -OCH3 is 2. The smallest absolute Gasteiger partial charge is 0.260 e. The monoisotopic (exact) mass is 639 g/mol. The fourth-order valence-corrected chi connectivity index (χ4v) is 5.26. The van der Waals surface area contributed by atoms with E-state index in [4.69, 9.17) is 9.47 Å². The zero-order chi connectivity index (χ0) is 33.7. The highest BCUT2D eigenvalue weighted by atomic mass is 19.1. The highest BCUT2D eigenvalue weighted by Crippen LogP contribution is 2.37. The van der Waals surface area contributed by atoms with Crippen LogP contribution in [0.15, 0.2) is 89.9 Å². The van der Waals surface area contributed by atoms with Gasteiger partial charge in [-0.3, -0.25) is 14.2 Å². The van der Waals surface area contributed by atoms with Crippen LogP contribution in [0.1, 0.15) is 24.1 Å². The number of hydrogen-bond acceptors (Lipinski definition) is 8. The van der Waals surface area contributed by atoms with Crippen LogP contribution in [0, 0.1) is 11.6 Å². The molecular formula is C36H35F2N5O4. The van der Waals surface area contributed by atoms with Crippen molar-refractivity contribution in [2.24, 2.45) is 0 Å². The molecule has 1 atom stereocenters. The molecule has 0 spiro atoms. The van der Waals surface area contributed by atoms with E-state index in [1.165, 1.54) is 31.0 Å². The maximum Gasteiger partial charge on any atom is 0.260 e. The molecule has 0 bridgehead atoms. The van der Waals surface area contributed by atoms with E-state index in [-0.39, 0.29) is 40.9 Å². The van der Waals surface area contributed by atoms with Gasteiger partial charge in [-0.15, -0.1) is 0 Å². The summed E-state index contributed by atoms with van der Waals surface area (Å²) in [6.45, 7) is 2.42. The minimum Gasteiger partial charge on any atom is -0.494 e. The van der Waals surface area contributed by atoms with Gasteiger partial charge in [-0.1, -0.05) is 48.5 Å². The molecule has 1 unspecified atom stereocenters. The first-order valence-electron chi connectivity index (χ1n) is 14.9. The Kier molecular flexibility index (Phi) is 10.1. The Balaban J connectivity index is 1.68. The number of fused-ring (bicyclic) bond motifs is 1. The molecular weight excluding hydrogens is 604 g/mol. The van der Waals surface area contributed by atoms with Crippen molar-refractivity contribution >= 4 is 28.5 Å². The molecule has 0 saturated heterocycles. The number of ether oxygens (including phenoxy) is 2. The second kappa shape index (κ2) is 14.3. The number of likely N-dealkylation sites (N-methyl/N-ethyl adjacent to an activating group) is 1. The maximum atomic E-state index is 15.7. The average Bonchev–Trinajstić information content (AvgIpc) is 3.05. The average molecular weight is 640 g/mol. The summed E-state index contributed by atoms with van der Waals surface area (Å²) in [6, 6.07) is 18.4. The lowest BCUT2D eigenvalue weighted by atomic mass is 10.00. The number of nitrogens with one attached hydrogen (secondary N) is 1. The Labute approximate surface area is 271 Å². The van der Waals surface area contributed by atoms with Crippen LogP contribution in [0.3, 0.4) is 0 Å². The molecule has 5 aromatic rings. The van der Waals surface area contributed by atoms with E-state index in [1.807, 2.05) is 67.5 Å². The van der Waals surface area contributed by atoms with Crippen LogP contribution in [0.25, 0.3) is 22.2 Å². The molecule has 5 rings (SSSR count). The number of aromatic nitrogens is 3. The molecule has 0 amide bonds. The summed E-state index contributed by atoms with van der Waals surface area (Å²) in [5, 5.41) is 3.50. The molecule has 0 aliphatic carbocycles. The van der Waals surface area contributed by atoms with Gasteiger partial charge in [0.05, 0.1) is 31.4 Å². The van der Waals surface area contributed by atoms with Crippen molar-refractivity contribution in [3.8, 4) is 22.6 Å². The number of benzene rings is 3. The number of ketones is 1.